The SMILES string of the molecule is Cn1cc(-c2cc(Nc3nccc(C(F)(F)F)n3)cc(-c3cnc(C4(O)CCC(C(=O)O)C(C)(C)C4)s3)c2)cn1. The third-order valence-electron chi connectivity index (χ3n) is 7.20. The van der Waals surface area contributed by atoms with Crippen LogP contribution in [0.15, 0.2) is 49.1 Å². The molecule has 0 radical (unpaired) electrons. The number of carboxylic acid groups (broad SMARTS) is 1. The number of hydrogen-bond acceptors (Lipinski definition) is 8. The minimum absolute atomic E-state index is 0.208. The molecule has 2 unspecified atom stereocenters. The Morgan fingerprint density at radius 2 is 1.90 bits per heavy atom. The summed E-state index contributed by atoms with van der Waals surface area (Å²) in [7, 11) is 1.78. The second kappa shape index (κ2) is 9.97. The summed E-state index contributed by atoms with van der Waals surface area (Å²) in [4.78, 5) is 24.5. The smallest absolute Gasteiger partial charge is 0.433 e. The van der Waals surface area contributed by atoms with E-state index in [1.165, 1.54) is 11.3 Å². The van der Waals surface area contributed by atoms with Crippen molar-refractivity contribution in [2.24, 2.45) is 18.4 Å². The maximum Gasteiger partial charge on any atom is 0.433 e. The van der Waals surface area contributed by atoms with Crippen molar-refractivity contribution in [2.45, 2.75) is 44.9 Å². The summed E-state index contributed by atoms with van der Waals surface area (Å²) in [5.41, 5.74) is -0.269. The lowest BCUT2D eigenvalue weighted by molar-refractivity contribution is -0.154. The van der Waals surface area contributed by atoms with Crippen LogP contribution in [0.1, 0.15) is 43.8 Å². The fourth-order valence-electron chi connectivity index (χ4n) is 5.29. The molecule has 3 N–H and O–H groups in total. The van der Waals surface area contributed by atoms with Crippen molar-refractivity contribution in [1.82, 2.24) is 24.7 Å². The summed E-state index contributed by atoms with van der Waals surface area (Å²) in [6, 6.07) is 6.21. The molecule has 13 heteroatoms. The number of rotatable bonds is 6. The molecule has 0 bridgehead atoms. The highest BCUT2D eigenvalue weighted by molar-refractivity contribution is 7.15. The zero-order valence-corrected chi connectivity index (χ0v) is 22.7. The number of hydrogen-bond donors (Lipinski definition) is 3. The van der Waals surface area contributed by atoms with E-state index >= 15 is 0 Å². The van der Waals surface area contributed by atoms with Crippen LogP contribution in [0.5, 0.6) is 0 Å². The minimum Gasteiger partial charge on any atom is -0.481 e. The molecule has 0 saturated heterocycles. The van der Waals surface area contributed by atoms with E-state index < -0.39 is 34.8 Å². The lowest BCUT2D eigenvalue weighted by atomic mass is 9.63. The number of aliphatic carboxylic acids is 1. The number of anilines is 2. The second-order valence-electron chi connectivity index (χ2n) is 10.7. The molecule has 1 aliphatic carbocycles. The molecule has 1 saturated carbocycles. The van der Waals surface area contributed by atoms with E-state index in [4.69, 9.17) is 0 Å². The fraction of sp³-hybridized carbons (Fsp3) is 0.370. The summed E-state index contributed by atoms with van der Waals surface area (Å²) in [6.45, 7) is 3.69. The predicted molar refractivity (Wildman–Crippen MR) is 143 cm³/mol. The van der Waals surface area contributed by atoms with Gasteiger partial charge in [-0.05, 0) is 60.1 Å². The molecule has 4 aromatic rings. The van der Waals surface area contributed by atoms with Crippen molar-refractivity contribution in [3.8, 4) is 21.6 Å². The summed E-state index contributed by atoms with van der Waals surface area (Å²) in [5, 5.41) is 28.7. The first-order valence-corrected chi connectivity index (χ1v) is 13.3. The number of halogens is 3. The zero-order valence-electron chi connectivity index (χ0n) is 21.9. The van der Waals surface area contributed by atoms with Gasteiger partial charge in [-0.15, -0.1) is 11.3 Å². The van der Waals surface area contributed by atoms with Crippen molar-refractivity contribution in [3.05, 3.63) is 59.8 Å². The lowest BCUT2D eigenvalue weighted by Crippen LogP contribution is -2.44. The normalized spacial score (nSPS) is 20.8. The highest BCUT2D eigenvalue weighted by atomic mass is 32.1. The number of nitrogens with one attached hydrogen (secondary N) is 1. The molecule has 210 valence electrons. The number of thiazole rings is 1. The fourth-order valence-corrected chi connectivity index (χ4v) is 6.31. The predicted octanol–water partition coefficient (Wildman–Crippen LogP) is 5.86. The van der Waals surface area contributed by atoms with E-state index in [0.29, 0.717) is 22.7 Å². The molecule has 1 fully saturated rings. The average Bonchev–Trinajstić information content (AvgIpc) is 3.53. The van der Waals surface area contributed by atoms with Crippen LogP contribution < -0.4 is 5.32 Å². The van der Waals surface area contributed by atoms with Crippen LogP contribution in [0, 0.1) is 11.3 Å². The van der Waals surface area contributed by atoms with Gasteiger partial charge in [-0.25, -0.2) is 15.0 Å². The minimum atomic E-state index is -4.61. The van der Waals surface area contributed by atoms with Gasteiger partial charge in [0.25, 0.3) is 0 Å². The lowest BCUT2D eigenvalue weighted by Gasteiger charge is -2.44. The number of carbonyl (C=O) groups is 1. The first-order chi connectivity index (χ1) is 18.7. The van der Waals surface area contributed by atoms with Gasteiger partial charge in [0.05, 0.1) is 17.0 Å². The summed E-state index contributed by atoms with van der Waals surface area (Å²) < 4.78 is 41.2. The number of nitrogens with zero attached hydrogens (tertiary/aromatic N) is 5. The second-order valence-corrected chi connectivity index (χ2v) is 11.8. The maximum atomic E-state index is 13.2. The van der Waals surface area contributed by atoms with E-state index in [2.05, 4.69) is 25.4 Å². The van der Waals surface area contributed by atoms with Crippen LogP contribution in [0.4, 0.5) is 24.8 Å². The van der Waals surface area contributed by atoms with Crippen LogP contribution in [0.3, 0.4) is 0 Å². The monoisotopic (exact) mass is 572 g/mol. The molecule has 1 aromatic carbocycles. The van der Waals surface area contributed by atoms with Crippen LogP contribution in [-0.4, -0.2) is 40.9 Å². The Kier molecular flexibility index (Phi) is 6.91. The molecular formula is C27H27F3N6O3S. The van der Waals surface area contributed by atoms with Crippen molar-refractivity contribution < 1.29 is 28.2 Å². The number of alkyl halides is 3. The third kappa shape index (κ3) is 5.56. The maximum absolute atomic E-state index is 13.2. The van der Waals surface area contributed by atoms with Gasteiger partial charge in [0.2, 0.25) is 5.95 Å². The average molecular weight is 573 g/mol. The van der Waals surface area contributed by atoms with E-state index in [1.807, 2.05) is 26.1 Å². The van der Waals surface area contributed by atoms with Crippen molar-refractivity contribution in [1.29, 1.82) is 0 Å². The topological polar surface area (TPSA) is 126 Å². The van der Waals surface area contributed by atoms with Crippen LogP contribution in [-0.2, 0) is 23.6 Å². The van der Waals surface area contributed by atoms with E-state index in [-0.39, 0.29) is 18.8 Å². The molecule has 40 heavy (non-hydrogen) atoms. The Labute approximate surface area is 231 Å². The van der Waals surface area contributed by atoms with E-state index in [0.717, 1.165) is 28.3 Å². The molecule has 0 spiro atoms. The quantitative estimate of drug-likeness (QED) is 0.262. The van der Waals surface area contributed by atoms with Gasteiger partial charge in [-0.1, -0.05) is 13.8 Å². The van der Waals surface area contributed by atoms with Gasteiger partial charge >= 0.3 is 12.1 Å². The summed E-state index contributed by atoms with van der Waals surface area (Å²) in [6.07, 6.45) is 2.41. The van der Waals surface area contributed by atoms with E-state index in [9.17, 15) is 28.2 Å². The van der Waals surface area contributed by atoms with Crippen molar-refractivity contribution in [2.75, 3.05) is 5.32 Å². The van der Waals surface area contributed by atoms with Crippen molar-refractivity contribution >= 4 is 28.9 Å². The molecule has 9 nitrogen and oxygen atoms in total. The van der Waals surface area contributed by atoms with E-state index in [1.54, 1.807) is 36.3 Å². The van der Waals surface area contributed by atoms with Gasteiger partial charge in [-0.3, -0.25) is 9.48 Å². The third-order valence-corrected chi connectivity index (χ3v) is 8.44. The van der Waals surface area contributed by atoms with Gasteiger partial charge in [0.15, 0.2) is 0 Å². The Balaban J connectivity index is 1.50. The molecule has 1 aliphatic rings. The first-order valence-electron chi connectivity index (χ1n) is 12.5. The molecular weight excluding hydrogens is 545 g/mol. The molecule has 0 amide bonds. The number of aliphatic hydroxyl groups is 1. The number of carboxylic acids is 1. The van der Waals surface area contributed by atoms with Crippen LogP contribution in [0.2, 0.25) is 0 Å². The Morgan fingerprint density at radius 1 is 1.15 bits per heavy atom. The van der Waals surface area contributed by atoms with Crippen LogP contribution >= 0.6 is 11.3 Å². The first kappa shape index (κ1) is 27.7. The largest absolute Gasteiger partial charge is 0.481 e. The number of aryl methyl sites for hydroxylation is 1. The Bertz CT molecular complexity index is 1570. The van der Waals surface area contributed by atoms with Gasteiger partial charge in [-0.2, -0.15) is 18.3 Å². The Morgan fingerprint density at radius 3 is 2.55 bits per heavy atom. The van der Waals surface area contributed by atoms with Gasteiger partial charge < -0.3 is 15.5 Å². The zero-order chi connectivity index (χ0) is 28.9. The standard InChI is InChI=1S/C27H27F3N6O3S/c1-25(2)14-26(39,6-4-19(25)22(37)38)23-32-12-20(40-23)16-8-15(17-11-33-36(3)13-17)9-18(10-16)34-24-31-7-5-21(35-24)27(28,29)30/h5,7-13,19,39H,4,6,14H2,1-3H3,(H,37,38)(H,31,34,35). The summed E-state index contributed by atoms with van der Waals surface area (Å²) in [5.74, 6) is -1.64. The Hall–Kier alpha value is -3.84. The van der Waals surface area contributed by atoms with Crippen molar-refractivity contribution in [3.63, 3.8) is 0 Å². The molecule has 3 heterocycles. The van der Waals surface area contributed by atoms with Gasteiger partial charge in [0, 0.05) is 36.9 Å². The van der Waals surface area contributed by atoms with Gasteiger partial charge in [0.1, 0.15) is 16.3 Å². The van der Waals surface area contributed by atoms with Crippen LogP contribution in [0.25, 0.3) is 21.6 Å². The molecule has 0 aliphatic heterocycles. The number of benzene rings is 1. The molecule has 3 aromatic heterocycles. The molecule has 5 rings (SSSR count). The highest BCUT2D eigenvalue weighted by Gasteiger charge is 2.49. The number of aromatic nitrogens is 5. The summed E-state index contributed by atoms with van der Waals surface area (Å²) >= 11 is 1.29. The molecule has 2 atom stereocenters. The highest BCUT2D eigenvalue weighted by Crippen LogP contribution is 2.51.